The third-order valence-corrected chi connectivity index (χ3v) is 3.66. The third kappa shape index (κ3) is 5.21. The molecule has 0 aliphatic heterocycles. The zero-order valence-electron chi connectivity index (χ0n) is 15.9. The van der Waals surface area contributed by atoms with Crippen LogP contribution in [0.2, 0.25) is 0 Å². The maximum absolute atomic E-state index is 12.8. The summed E-state index contributed by atoms with van der Waals surface area (Å²) in [5.74, 6) is 0. The van der Waals surface area contributed by atoms with Crippen LogP contribution < -0.4 is 4.90 Å². The Morgan fingerprint density at radius 3 is 1.88 bits per heavy atom. The number of hydrogen-bond donors (Lipinski definition) is 0. The number of anilines is 1. The molecule has 0 unspecified atom stereocenters. The number of halogens is 1. The van der Waals surface area contributed by atoms with Crippen LogP contribution in [0.5, 0.6) is 0 Å². The Balaban J connectivity index is 2.61. The Labute approximate surface area is 162 Å². The summed E-state index contributed by atoms with van der Waals surface area (Å²) in [5.41, 5.74) is -1.10. The first-order valence-electron chi connectivity index (χ1n) is 8.32. The van der Waals surface area contributed by atoms with Crippen LogP contribution in [-0.2, 0) is 9.47 Å². The Hall–Kier alpha value is -2.08. The number of ether oxygens (including phenoxy) is 2. The van der Waals surface area contributed by atoms with Crippen molar-refractivity contribution >= 4 is 44.6 Å². The van der Waals surface area contributed by atoms with Crippen LogP contribution in [0.15, 0.2) is 40.9 Å². The van der Waals surface area contributed by atoms with E-state index in [4.69, 9.17) is 9.47 Å². The second-order valence-corrected chi connectivity index (χ2v) is 8.86. The molecule has 5 nitrogen and oxygen atoms in total. The maximum Gasteiger partial charge on any atom is 0.424 e. The molecule has 0 fully saturated rings. The van der Waals surface area contributed by atoms with Gasteiger partial charge < -0.3 is 9.47 Å². The molecule has 2 amide bonds. The van der Waals surface area contributed by atoms with Crippen LogP contribution in [0.25, 0.3) is 10.8 Å². The summed E-state index contributed by atoms with van der Waals surface area (Å²) in [6, 6.07) is 11.1. The number of amides is 2. The van der Waals surface area contributed by atoms with Gasteiger partial charge in [-0.15, -0.1) is 0 Å². The Bertz CT molecular complexity index is 806. The van der Waals surface area contributed by atoms with Crippen LogP contribution in [-0.4, -0.2) is 23.4 Å². The van der Waals surface area contributed by atoms with Crippen molar-refractivity contribution in [3.63, 3.8) is 0 Å². The minimum Gasteiger partial charge on any atom is -0.443 e. The number of carbonyl (C=O) groups excluding carboxylic acids is 2. The molecule has 0 spiro atoms. The highest BCUT2D eigenvalue weighted by Gasteiger charge is 2.33. The van der Waals surface area contributed by atoms with Gasteiger partial charge >= 0.3 is 12.2 Å². The van der Waals surface area contributed by atoms with E-state index >= 15 is 0 Å². The standard InChI is InChI=1S/C20H24BrNO4/c1-19(2,3)25-17(23)22(18(24)26-20(4,5)6)16-12-14(21)11-13-9-7-8-10-15(13)16/h7-12H,1-6H3. The number of imide groups is 1. The molecule has 0 radical (unpaired) electrons. The van der Waals surface area contributed by atoms with Crippen molar-refractivity contribution in [3.8, 4) is 0 Å². The van der Waals surface area contributed by atoms with Crippen molar-refractivity contribution in [1.82, 2.24) is 0 Å². The van der Waals surface area contributed by atoms with Gasteiger partial charge in [-0.3, -0.25) is 0 Å². The molecule has 2 aromatic carbocycles. The fourth-order valence-electron chi connectivity index (χ4n) is 2.33. The van der Waals surface area contributed by atoms with Crippen molar-refractivity contribution in [3.05, 3.63) is 40.9 Å². The fraction of sp³-hybridized carbons (Fsp3) is 0.400. The summed E-state index contributed by atoms with van der Waals surface area (Å²) in [7, 11) is 0. The van der Waals surface area contributed by atoms with E-state index in [1.165, 1.54) is 0 Å². The highest BCUT2D eigenvalue weighted by molar-refractivity contribution is 9.10. The topological polar surface area (TPSA) is 55.8 Å². The molecule has 0 bridgehead atoms. The van der Waals surface area contributed by atoms with Crippen LogP contribution in [0, 0.1) is 0 Å². The van der Waals surface area contributed by atoms with Gasteiger partial charge in [-0.25, -0.2) is 9.59 Å². The highest BCUT2D eigenvalue weighted by Crippen LogP contribution is 2.33. The third-order valence-electron chi connectivity index (χ3n) is 3.20. The first kappa shape index (κ1) is 20.2. The van der Waals surface area contributed by atoms with E-state index in [9.17, 15) is 9.59 Å². The number of hydrogen-bond acceptors (Lipinski definition) is 4. The molecule has 2 rings (SSSR count). The molecule has 26 heavy (non-hydrogen) atoms. The van der Waals surface area contributed by atoms with Gasteiger partial charge in [0.2, 0.25) is 0 Å². The number of carbonyl (C=O) groups is 2. The summed E-state index contributed by atoms with van der Waals surface area (Å²) in [4.78, 5) is 26.6. The Morgan fingerprint density at radius 2 is 1.38 bits per heavy atom. The molecule has 0 saturated carbocycles. The SMILES string of the molecule is CC(C)(C)OC(=O)N(C(=O)OC(C)(C)C)c1cc(Br)cc2ccccc12. The van der Waals surface area contributed by atoms with Gasteiger partial charge in [0, 0.05) is 9.86 Å². The summed E-state index contributed by atoms with van der Waals surface area (Å²) in [5, 5.41) is 1.63. The van der Waals surface area contributed by atoms with Gasteiger partial charge in [-0.2, -0.15) is 4.90 Å². The molecule has 0 heterocycles. The molecule has 0 atom stereocenters. The lowest BCUT2D eigenvalue weighted by atomic mass is 10.1. The molecule has 6 heteroatoms. The second-order valence-electron chi connectivity index (χ2n) is 7.94. The van der Waals surface area contributed by atoms with Crippen molar-refractivity contribution in [1.29, 1.82) is 0 Å². The van der Waals surface area contributed by atoms with E-state index in [1.807, 2.05) is 30.3 Å². The summed E-state index contributed by atoms with van der Waals surface area (Å²) < 4.78 is 11.6. The minimum absolute atomic E-state index is 0.401. The van der Waals surface area contributed by atoms with E-state index in [-0.39, 0.29) is 0 Å². The Kier molecular flexibility index (Phi) is 5.66. The predicted octanol–water partition coefficient (Wildman–Crippen LogP) is 6.28. The first-order chi connectivity index (χ1) is 11.9. The van der Waals surface area contributed by atoms with Crippen molar-refractivity contribution in [2.24, 2.45) is 0 Å². The van der Waals surface area contributed by atoms with Crippen LogP contribution in [0.4, 0.5) is 15.3 Å². The zero-order chi connectivity index (χ0) is 19.7. The summed E-state index contributed by atoms with van der Waals surface area (Å²) in [6.45, 7) is 10.5. The lowest BCUT2D eigenvalue weighted by Crippen LogP contribution is -2.43. The average molecular weight is 422 g/mol. The van der Waals surface area contributed by atoms with E-state index in [1.54, 1.807) is 47.6 Å². The summed E-state index contributed by atoms with van der Waals surface area (Å²) in [6.07, 6.45) is -1.56. The quantitative estimate of drug-likeness (QED) is 0.543. The molecule has 0 saturated heterocycles. The van der Waals surface area contributed by atoms with Crippen LogP contribution >= 0.6 is 15.9 Å². The van der Waals surface area contributed by atoms with Crippen molar-refractivity contribution in [2.75, 3.05) is 4.90 Å². The lowest BCUT2D eigenvalue weighted by Gasteiger charge is -2.29. The molecular weight excluding hydrogens is 398 g/mol. The van der Waals surface area contributed by atoms with E-state index < -0.39 is 23.4 Å². The fourth-order valence-corrected chi connectivity index (χ4v) is 2.79. The molecule has 0 aromatic heterocycles. The molecule has 2 aromatic rings. The predicted molar refractivity (Wildman–Crippen MR) is 107 cm³/mol. The Morgan fingerprint density at radius 1 is 0.885 bits per heavy atom. The largest absolute Gasteiger partial charge is 0.443 e. The maximum atomic E-state index is 12.8. The molecule has 0 aliphatic rings. The summed E-state index contributed by atoms with van der Waals surface area (Å²) >= 11 is 3.44. The number of fused-ring (bicyclic) bond motifs is 1. The van der Waals surface area contributed by atoms with Gasteiger partial charge in [0.05, 0.1) is 5.69 Å². The number of nitrogens with zero attached hydrogens (tertiary/aromatic N) is 1. The van der Waals surface area contributed by atoms with Gasteiger partial charge in [-0.05, 0) is 59.1 Å². The second kappa shape index (κ2) is 7.27. The highest BCUT2D eigenvalue weighted by atomic mass is 79.9. The first-order valence-corrected chi connectivity index (χ1v) is 9.11. The van der Waals surface area contributed by atoms with Gasteiger partial charge in [-0.1, -0.05) is 40.2 Å². The zero-order valence-corrected chi connectivity index (χ0v) is 17.5. The van der Waals surface area contributed by atoms with Gasteiger partial charge in [0.15, 0.2) is 0 Å². The van der Waals surface area contributed by atoms with Gasteiger partial charge in [0.25, 0.3) is 0 Å². The molecule has 0 aliphatic carbocycles. The lowest BCUT2D eigenvalue weighted by molar-refractivity contribution is 0.0431. The number of rotatable bonds is 1. The molecular formula is C20H24BrNO4. The van der Waals surface area contributed by atoms with E-state index in [0.29, 0.717) is 5.69 Å². The minimum atomic E-state index is -0.782. The normalized spacial score (nSPS) is 12.0. The number of benzene rings is 2. The molecule has 140 valence electrons. The van der Waals surface area contributed by atoms with Crippen molar-refractivity contribution in [2.45, 2.75) is 52.7 Å². The van der Waals surface area contributed by atoms with Crippen LogP contribution in [0.1, 0.15) is 41.5 Å². The molecule has 0 N–H and O–H groups in total. The van der Waals surface area contributed by atoms with Crippen molar-refractivity contribution < 1.29 is 19.1 Å². The van der Waals surface area contributed by atoms with E-state index in [0.717, 1.165) is 20.1 Å². The van der Waals surface area contributed by atoms with Crippen LogP contribution in [0.3, 0.4) is 0 Å². The average Bonchev–Trinajstić information content (AvgIpc) is 2.43. The smallest absolute Gasteiger partial charge is 0.424 e. The van der Waals surface area contributed by atoms with Gasteiger partial charge in [0.1, 0.15) is 11.2 Å². The monoisotopic (exact) mass is 421 g/mol. The van der Waals surface area contributed by atoms with E-state index in [2.05, 4.69) is 15.9 Å².